The lowest BCUT2D eigenvalue weighted by Gasteiger charge is -2.26. The van der Waals surface area contributed by atoms with E-state index in [4.69, 9.17) is 0 Å². The highest BCUT2D eigenvalue weighted by atomic mass is 32.2. The molecule has 0 aromatic heterocycles. The molecule has 0 fully saturated rings. The lowest BCUT2D eigenvalue weighted by atomic mass is 10.1. The molecule has 0 saturated carbocycles. The van der Waals surface area contributed by atoms with Gasteiger partial charge in [-0.05, 0) is 44.5 Å². The Morgan fingerprint density at radius 1 is 1.03 bits per heavy atom. The molecule has 0 spiro atoms. The molecular weight excluding hydrogens is 428 g/mol. The van der Waals surface area contributed by atoms with Gasteiger partial charge < -0.3 is 5.32 Å². The maximum Gasteiger partial charge on any atom is 0.285 e. The second-order valence-electron chi connectivity index (χ2n) is 8.31. The number of fused-ring (bicyclic) bond motifs is 1. The highest BCUT2D eigenvalue weighted by molar-refractivity contribution is 7.90. The normalized spacial score (nSPS) is 14.5. The van der Waals surface area contributed by atoms with Gasteiger partial charge in [0.05, 0.1) is 0 Å². The summed E-state index contributed by atoms with van der Waals surface area (Å²) in [6, 6.07) is 15.7. The number of sulfonamides is 1. The quantitative estimate of drug-likeness (QED) is 0.533. The molecule has 32 heavy (non-hydrogen) atoms. The van der Waals surface area contributed by atoms with Crippen LogP contribution in [-0.2, 0) is 19.6 Å². The van der Waals surface area contributed by atoms with Gasteiger partial charge in [-0.1, -0.05) is 42.5 Å². The molecule has 0 atom stereocenters. The van der Waals surface area contributed by atoms with Crippen molar-refractivity contribution >= 4 is 33.7 Å². The summed E-state index contributed by atoms with van der Waals surface area (Å²) in [4.78, 5) is 25.0. The fourth-order valence-corrected chi connectivity index (χ4v) is 4.31. The minimum Gasteiger partial charge on any atom is -0.351 e. The largest absolute Gasteiger partial charge is 0.351 e. The fourth-order valence-electron chi connectivity index (χ4n) is 3.10. The van der Waals surface area contributed by atoms with Crippen LogP contribution in [0.5, 0.6) is 0 Å². The van der Waals surface area contributed by atoms with E-state index in [0.717, 1.165) is 5.56 Å². The molecule has 2 N–H and O–H groups in total. The lowest BCUT2D eigenvalue weighted by Crippen LogP contribution is -2.48. The molecule has 2 aromatic carbocycles. The van der Waals surface area contributed by atoms with Crippen LogP contribution in [0.15, 0.2) is 70.0 Å². The van der Waals surface area contributed by atoms with Crippen LogP contribution < -0.4 is 10.7 Å². The molecule has 168 valence electrons. The molecule has 1 aliphatic rings. The molecule has 9 heteroatoms. The zero-order valence-corrected chi connectivity index (χ0v) is 19.0. The summed E-state index contributed by atoms with van der Waals surface area (Å²) >= 11 is 0. The first-order valence-corrected chi connectivity index (χ1v) is 11.6. The third-order valence-electron chi connectivity index (χ3n) is 4.42. The van der Waals surface area contributed by atoms with E-state index in [1.165, 1.54) is 17.2 Å². The molecular formula is C23H26N4O4S. The highest BCUT2D eigenvalue weighted by Crippen LogP contribution is 2.27. The highest BCUT2D eigenvalue weighted by Gasteiger charge is 2.32. The smallest absolute Gasteiger partial charge is 0.285 e. The summed E-state index contributed by atoms with van der Waals surface area (Å²) in [6.45, 7) is 5.63. The number of rotatable bonds is 5. The predicted octanol–water partition coefficient (Wildman–Crippen LogP) is 2.49. The molecule has 2 amide bonds. The van der Waals surface area contributed by atoms with Gasteiger partial charge in [-0.15, -0.1) is 4.40 Å². The van der Waals surface area contributed by atoms with Gasteiger partial charge in [0.2, 0.25) is 5.91 Å². The van der Waals surface area contributed by atoms with Gasteiger partial charge in [0, 0.05) is 30.1 Å². The molecule has 0 aliphatic carbocycles. The molecule has 0 saturated heterocycles. The Balaban J connectivity index is 1.83. The van der Waals surface area contributed by atoms with Crippen LogP contribution in [0.25, 0.3) is 6.08 Å². The summed E-state index contributed by atoms with van der Waals surface area (Å²) in [5, 5.41) is 4.16. The average molecular weight is 455 g/mol. The molecule has 0 radical (unpaired) electrons. The van der Waals surface area contributed by atoms with Gasteiger partial charge in [-0.2, -0.15) is 8.42 Å². The van der Waals surface area contributed by atoms with Crippen molar-refractivity contribution in [1.29, 1.82) is 0 Å². The van der Waals surface area contributed by atoms with Gasteiger partial charge in [0.15, 0.2) is 5.84 Å². The van der Waals surface area contributed by atoms with Crippen LogP contribution in [0.1, 0.15) is 38.3 Å². The number of nitrogens with zero attached hydrogens (tertiary/aromatic N) is 2. The van der Waals surface area contributed by atoms with Crippen molar-refractivity contribution < 1.29 is 18.0 Å². The maximum atomic E-state index is 12.6. The van der Waals surface area contributed by atoms with Crippen LogP contribution in [0.3, 0.4) is 0 Å². The molecule has 1 heterocycles. The summed E-state index contributed by atoms with van der Waals surface area (Å²) in [7, 11) is -3.88. The Kier molecular flexibility index (Phi) is 6.78. The molecule has 8 nitrogen and oxygen atoms in total. The Hall–Kier alpha value is -3.46. The summed E-state index contributed by atoms with van der Waals surface area (Å²) < 4.78 is 28.8. The first-order chi connectivity index (χ1) is 15.0. The summed E-state index contributed by atoms with van der Waals surface area (Å²) in [6.07, 6.45) is 3.01. The van der Waals surface area contributed by atoms with Gasteiger partial charge in [-0.3, -0.25) is 20.0 Å². The van der Waals surface area contributed by atoms with E-state index in [2.05, 4.69) is 15.1 Å². The Bertz CT molecular complexity index is 1170. The minimum absolute atomic E-state index is 0.0290. The van der Waals surface area contributed by atoms with E-state index in [1.54, 1.807) is 24.3 Å². The van der Waals surface area contributed by atoms with E-state index in [-0.39, 0.29) is 29.6 Å². The third kappa shape index (κ3) is 6.04. The fraction of sp³-hybridized carbons (Fsp3) is 0.261. The van der Waals surface area contributed by atoms with Crippen molar-refractivity contribution in [3.05, 3.63) is 71.8 Å². The average Bonchev–Trinajstić information content (AvgIpc) is 3.00. The maximum absolute atomic E-state index is 12.6. The van der Waals surface area contributed by atoms with E-state index < -0.39 is 21.5 Å². The lowest BCUT2D eigenvalue weighted by molar-refractivity contribution is -0.124. The van der Waals surface area contributed by atoms with Gasteiger partial charge in [0.1, 0.15) is 4.90 Å². The number of carbonyl (C=O) groups is 2. The Morgan fingerprint density at radius 3 is 2.38 bits per heavy atom. The van der Waals surface area contributed by atoms with Crippen molar-refractivity contribution in [2.45, 2.75) is 37.6 Å². The zero-order chi connectivity index (χ0) is 23.4. The van der Waals surface area contributed by atoms with Gasteiger partial charge in [0.25, 0.3) is 15.9 Å². The van der Waals surface area contributed by atoms with Crippen molar-refractivity contribution in [3.63, 3.8) is 0 Å². The van der Waals surface area contributed by atoms with Crippen LogP contribution in [0.4, 0.5) is 0 Å². The monoisotopic (exact) mass is 454 g/mol. The first kappa shape index (κ1) is 23.2. The van der Waals surface area contributed by atoms with Crippen molar-refractivity contribution in [3.8, 4) is 0 Å². The standard InChI is InChI=1S/C23H26N4O4S/c1-23(2,3)24-20(28)15-16-27(25-21(29)14-13-17-9-5-4-6-10-17)22-18-11-7-8-12-19(18)32(30,31)26-22/h4-14H,15-16H2,1-3H3,(H,24,28)(H,25,29)/b14-13-. The zero-order valence-electron chi connectivity index (χ0n) is 18.2. The SMILES string of the molecule is CC(C)(C)NC(=O)CCN(NC(=O)/C=C\c1ccccc1)C1=NS(=O)(=O)c2ccccc21. The van der Waals surface area contributed by atoms with Crippen LogP contribution in [0.2, 0.25) is 0 Å². The number of benzene rings is 2. The summed E-state index contributed by atoms with van der Waals surface area (Å²) in [5.41, 5.74) is 3.46. The molecule has 2 aromatic rings. The predicted molar refractivity (Wildman–Crippen MR) is 123 cm³/mol. The van der Waals surface area contributed by atoms with Crippen LogP contribution in [-0.4, -0.2) is 43.2 Å². The topological polar surface area (TPSA) is 108 Å². The van der Waals surface area contributed by atoms with Crippen LogP contribution >= 0.6 is 0 Å². The number of hydrogen-bond donors (Lipinski definition) is 2. The van der Waals surface area contributed by atoms with E-state index in [0.29, 0.717) is 5.56 Å². The number of amidine groups is 1. The van der Waals surface area contributed by atoms with Crippen molar-refractivity contribution in [2.24, 2.45) is 4.40 Å². The van der Waals surface area contributed by atoms with Crippen LogP contribution in [0, 0.1) is 0 Å². The number of amides is 2. The minimum atomic E-state index is -3.88. The first-order valence-electron chi connectivity index (χ1n) is 10.1. The Morgan fingerprint density at radius 2 is 1.69 bits per heavy atom. The second kappa shape index (κ2) is 9.35. The van der Waals surface area contributed by atoms with Gasteiger partial charge in [-0.25, -0.2) is 0 Å². The van der Waals surface area contributed by atoms with Crippen molar-refractivity contribution in [2.75, 3.05) is 6.54 Å². The number of hydrazine groups is 1. The number of carbonyl (C=O) groups excluding carboxylic acids is 2. The summed E-state index contributed by atoms with van der Waals surface area (Å²) in [5.74, 6) is -0.633. The number of hydrogen-bond acceptors (Lipinski definition) is 5. The Labute approximate surface area is 188 Å². The molecule has 0 unspecified atom stereocenters. The third-order valence-corrected chi connectivity index (χ3v) is 5.74. The molecule has 1 aliphatic heterocycles. The molecule has 0 bridgehead atoms. The number of nitrogens with one attached hydrogen (secondary N) is 2. The van der Waals surface area contributed by atoms with Crippen molar-refractivity contribution in [1.82, 2.24) is 15.8 Å². The van der Waals surface area contributed by atoms with E-state index in [1.807, 2.05) is 51.1 Å². The van der Waals surface area contributed by atoms with Gasteiger partial charge >= 0.3 is 0 Å². The molecule has 3 rings (SSSR count). The second-order valence-corrected chi connectivity index (χ2v) is 9.88. The van der Waals surface area contributed by atoms with E-state index in [9.17, 15) is 18.0 Å². The van der Waals surface area contributed by atoms with E-state index >= 15 is 0 Å².